The quantitative estimate of drug-likeness (QED) is 0.0420. The van der Waals surface area contributed by atoms with E-state index >= 15 is 0 Å². The highest BCUT2D eigenvalue weighted by atomic mass is 32.2. The number of carbonyl (C=O) groups excluding carboxylic acids is 5. The lowest BCUT2D eigenvalue weighted by molar-refractivity contribution is -0.122. The smallest absolute Gasteiger partial charge is 0.315 e. The number of thioether (sulfide) groups is 1. The minimum absolute atomic E-state index is 0.00107. The Kier molecular flexibility index (Phi) is 16.1. The number of fused-ring (bicyclic) bond motifs is 2. The number of nitrogens with one attached hydrogen (secondary N) is 5. The highest BCUT2D eigenvalue weighted by molar-refractivity contribution is 8.00. The SMILES string of the molecule is Cc1ncc(-c2ccc3nc(N(C)C(=O)CCCCCNC(=O)CCCCCNC(=O)CCCC[C@@H]4SC[C@@H]5NC(=O)N[C@@H]54)sc3c2)cc1NC(=O)Cc1ccccc1. The first-order valence-corrected chi connectivity index (χ1v) is 22.7. The summed E-state index contributed by atoms with van der Waals surface area (Å²) in [7, 11) is 1.76. The fourth-order valence-electron chi connectivity index (χ4n) is 7.37. The van der Waals surface area contributed by atoms with Crippen molar-refractivity contribution in [3.05, 3.63) is 72.1 Å². The van der Waals surface area contributed by atoms with Gasteiger partial charge in [0, 0.05) is 62.2 Å². The predicted octanol–water partition coefficient (Wildman–Crippen LogP) is 6.89. The summed E-state index contributed by atoms with van der Waals surface area (Å²) in [6, 6.07) is 17.9. The summed E-state index contributed by atoms with van der Waals surface area (Å²) in [5, 5.41) is 16.0. The fraction of sp³-hybridized carbons (Fsp3) is 0.477. The molecule has 0 saturated carbocycles. The summed E-state index contributed by atoms with van der Waals surface area (Å²) < 4.78 is 0.949. The molecule has 15 heteroatoms. The van der Waals surface area contributed by atoms with Crippen LogP contribution in [-0.4, -0.2) is 82.9 Å². The molecule has 0 unspecified atom stereocenters. The van der Waals surface area contributed by atoms with Crippen molar-refractivity contribution in [1.29, 1.82) is 0 Å². The lowest BCUT2D eigenvalue weighted by Crippen LogP contribution is -2.36. The van der Waals surface area contributed by atoms with Crippen LogP contribution in [0, 0.1) is 6.92 Å². The molecule has 2 saturated heterocycles. The Morgan fingerprint density at radius 1 is 0.814 bits per heavy atom. The number of hydrogen-bond donors (Lipinski definition) is 5. The number of thiazole rings is 1. The van der Waals surface area contributed by atoms with Gasteiger partial charge in [-0.25, -0.2) is 9.78 Å². The van der Waals surface area contributed by atoms with Crippen molar-refractivity contribution in [1.82, 2.24) is 31.2 Å². The van der Waals surface area contributed by atoms with Crippen LogP contribution in [0.2, 0.25) is 0 Å². The summed E-state index contributed by atoms with van der Waals surface area (Å²) in [5.41, 5.74) is 4.97. The molecule has 0 bridgehead atoms. The highest BCUT2D eigenvalue weighted by Crippen LogP contribution is 2.34. The summed E-state index contributed by atoms with van der Waals surface area (Å²) in [4.78, 5) is 72.7. The number of nitrogens with zero attached hydrogens (tertiary/aromatic N) is 3. The van der Waals surface area contributed by atoms with Crippen LogP contribution in [0.15, 0.2) is 60.8 Å². The molecule has 0 aliphatic carbocycles. The van der Waals surface area contributed by atoms with Crippen molar-refractivity contribution in [3.8, 4) is 11.1 Å². The molecule has 4 aromatic rings. The number of aryl methyl sites for hydroxylation is 1. The van der Waals surface area contributed by atoms with E-state index in [0.29, 0.717) is 48.4 Å². The third kappa shape index (κ3) is 13.0. The molecule has 3 atom stereocenters. The van der Waals surface area contributed by atoms with Gasteiger partial charge in [0.25, 0.3) is 0 Å². The molecule has 0 spiro atoms. The number of pyridine rings is 1. The van der Waals surface area contributed by atoms with Gasteiger partial charge in [0.15, 0.2) is 5.13 Å². The van der Waals surface area contributed by atoms with Gasteiger partial charge < -0.3 is 26.6 Å². The van der Waals surface area contributed by atoms with Crippen LogP contribution in [0.3, 0.4) is 0 Å². The van der Waals surface area contributed by atoms with Crippen molar-refractivity contribution in [2.45, 2.75) is 108 Å². The maximum Gasteiger partial charge on any atom is 0.315 e. The molecule has 6 amide bonds. The molecule has 0 radical (unpaired) electrons. The second-order valence-corrected chi connectivity index (χ2v) is 17.7. The van der Waals surface area contributed by atoms with E-state index in [-0.39, 0.29) is 48.2 Å². The molecule has 59 heavy (non-hydrogen) atoms. The second kappa shape index (κ2) is 21.8. The van der Waals surface area contributed by atoms with Crippen LogP contribution in [-0.2, 0) is 25.6 Å². The molecular formula is C44H56N8O5S2. The van der Waals surface area contributed by atoms with Gasteiger partial charge in [0.2, 0.25) is 23.6 Å². The Morgan fingerprint density at radius 3 is 2.27 bits per heavy atom. The number of carbonyl (C=O) groups is 5. The standard InChI is InChI=1S/C44H56N8O5S2/c1-29-34(48-40(55)24-30-14-6-3-7-15-30)25-32(27-47-29)31-20-21-33-37(26-31)59-44(50-33)52(2)41(56)19-9-5-13-23-45-38(53)17-8-4-12-22-46-39(54)18-11-10-16-36-42-35(28-58-36)49-43(57)51-42/h3,6-7,14-15,20-21,25-27,35-36,42H,4-5,8-13,16-19,22-24,28H2,1-2H3,(H,45,53)(H,46,54)(H,48,55)(H2,49,51,57)/t35-,36-,42-/m0/s1. The molecule has 13 nitrogen and oxygen atoms in total. The Bertz CT molecular complexity index is 2080. The minimum Gasteiger partial charge on any atom is -0.356 e. The van der Waals surface area contributed by atoms with E-state index in [1.807, 2.05) is 73.3 Å². The number of benzene rings is 2. The van der Waals surface area contributed by atoms with Crippen LogP contribution in [0.4, 0.5) is 15.6 Å². The topological polar surface area (TPSA) is 175 Å². The first-order valence-electron chi connectivity index (χ1n) is 20.8. The van der Waals surface area contributed by atoms with Gasteiger partial charge in [0.05, 0.1) is 40.1 Å². The fourth-order valence-corrected chi connectivity index (χ4v) is 9.90. The highest BCUT2D eigenvalue weighted by Gasteiger charge is 2.42. The summed E-state index contributed by atoms with van der Waals surface area (Å²) >= 11 is 3.36. The molecule has 2 aromatic carbocycles. The van der Waals surface area contributed by atoms with E-state index in [4.69, 9.17) is 4.98 Å². The van der Waals surface area contributed by atoms with E-state index in [0.717, 1.165) is 96.1 Å². The number of rotatable bonds is 22. The summed E-state index contributed by atoms with van der Waals surface area (Å²) in [6.45, 7) is 3.08. The molecule has 2 aliphatic rings. The van der Waals surface area contributed by atoms with Crippen LogP contribution in [0.1, 0.15) is 88.3 Å². The van der Waals surface area contributed by atoms with E-state index in [1.165, 1.54) is 11.3 Å². The molecule has 2 aliphatic heterocycles. The van der Waals surface area contributed by atoms with Gasteiger partial charge >= 0.3 is 6.03 Å². The third-order valence-corrected chi connectivity index (χ3v) is 13.4. The van der Waals surface area contributed by atoms with Crippen molar-refractivity contribution < 1.29 is 24.0 Å². The number of anilines is 2. The van der Waals surface area contributed by atoms with Crippen LogP contribution in [0.5, 0.6) is 0 Å². The predicted molar refractivity (Wildman–Crippen MR) is 237 cm³/mol. The van der Waals surface area contributed by atoms with Crippen LogP contribution >= 0.6 is 23.1 Å². The molecular weight excluding hydrogens is 785 g/mol. The first kappa shape index (κ1) is 43.6. The Balaban J connectivity index is 0.803. The van der Waals surface area contributed by atoms with Crippen molar-refractivity contribution in [2.24, 2.45) is 0 Å². The lowest BCUT2D eigenvalue weighted by Gasteiger charge is -2.16. The molecule has 2 fully saturated rings. The van der Waals surface area contributed by atoms with Gasteiger partial charge in [-0.2, -0.15) is 11.8 Å². The van der Waals surface area contributed by atoms with Gasteiger partial charge in [0.1, 0.15) is 0 Å². The van der Waals surface area contributed by atoms with Crippen LogP contribution in [0.25, 0.3) is 21.3 Å². The van der Waals surface area contributed by atoms with Gasteiger partial charge in [-0.3, -0.25) is 29.1 Å². The molecule has 6 rings (SSSR count). The number of aromatic nitrogens is 2. The second-order valence-electron chi connectivity index (χ2n) is 15.4. The Hall–Kier alpha value is -5.02. The molecule has 314 valence electrons. The number of urea groups is 1. The number of hydrogen-bond acceptors (Lipinski definition) is 9. The van der Waals surface area contributed by atoms with Crippen LogP contribution < -0.4 is 31.5 Å². The largest absolute Gasteiger partial charge is 0.356 e. The van der Waals surface area contributed by atoms with E-state index < -0.39 is 0 Å². The molecule has 5 N–H and O–H groups in total. The number of amides is 6. The minimum atomic E-state index is -0.102. The monoisotopic (exact) mass is 840 g/mol. The number of unbranched alkanes of at least 4 members (excludes halogenated alkanes) is 5. The van der Waals surface area contributed by atoms with E-state index in [1.54, 1.807) is 18.1 Å². The van der Waals surface area contributed by atoms with Crippen molar-refractivity contribution >= 4 is 73.8 Å². The van der Waals surface area contributed by atoms with E-state index in [2.05, 4.69) is 31.6 Å². The maximum atomic E-state index is 13.0. The lowest BCUT2D eigenvalue weighted by atomic mass is 10.0. The van der Waals surface area contributed by atoms with Gasteiger partial charge in [-0.05, 0) is 74.8 Å². The summed E-state index contributed by atoms with van der Waals surface area (Å²) in [6.07, 6.45) is 11.1. The van der Waals surface area contributed by atoms with Gasteiger partial charge in [-0.15, -0.1) is 0 Å². The maximum absolute atomic E-state index is 13.0. The Morgan fingerprint density at radius 2 is 1.53 bits per heavy atom. The first-order chi connectivity index (χ1) is 28.6. The van der Waals surface area contributed by atoms with E-state index in [9.17, 15) is 24.0 Å². The normalized spacial score (nSPS) is 16.9. The van der Waals surface area contributed by atoms with Crippen molar-refractivity contribution in [2.75, 3.05) is 36.1 Å². The average molecular weight is 841 g/mol. The zero-order valence-corrected chi connectivity index (χ0v) is 35.7. The van der Waals surface area contributed by atoms with Crippen molar-refractivity contribution in [3.63, 3.8) is 0 Å². The average Bonchev–Trinajstić information content (AvgIpc) is 3.94. The zero-order valence-electron chi connectivity index (χ0n) is 34.0. The zero-order chi connectivity index (χ0) is 41.6. The Labute approximate surface area is 354 Å². The third-order valence-electron chi connectivity index (χ3n) is 10.8. The van der Waals surface area contributed by atoms with Gasteiger partial charge in [-0.1, -0.05) is 67.0 Å². The summed E-state index contributed by atoms with van der Waals surface area (Å²) in [5.74, 6) is 0.960. The molecule has 4 heterocycles. The molecule has 2 aromatic heterocycles.